The molecular weight excluding hydrogens is 254 g/mol. The molecule has 0 aliphatic heterocycles. The molecule has 1 aromatic rings. The van der Waals surface area contributed by atoms with Gasteiger partial charge < -0.3 is 0 Å². The van der Waals surface area contributed by atoms with Crippen molar-refractivity contribution >= 4 is 28.7 Å². The molecule has 0 atom stereocenters. The van der Waals surface area contributed by atoms with Crippen LogP contribution >= 0.6 is 22.9 Å². The molecule has 0 bridgehead atoms. The minimum atomic E-state index is 0.188. The molecule has 0 aliphatic rings. The second kappa shape index (κ2) is 6.53. The summed E-state index contributed by atoms with van der Waals surface area (Å²) in [4.78, 5) is 15.0. The van der Waals surface area contributed by atoms with Crippen molar-refractivity contribution < 1.29 is 4.79 Å². The summed E-state index contributed by atoms with van der Waals surface area (Å²) < 4.78 is 0.679. The highest BCUT2D eigenvalue weighted by Gasteiger charge is 2.16. The Labute approximate surface area is 113 Å². The maximum Gasteiger partial charge on any atom is 0.174 e. The Hall–Kier alpha value is -0.380. The maximum atomic E-state index is 11.9. The fourth-order valence-corrected chi connectivity index (χ4v) is 2.94. The third-order valence-corrected chi connectivity index (χ3v) is 4.04. The highest BCUT2D eigenvalue weighted by Crippen LogP contribution is 2.22. The predicted molar refractivity (Wildman–Crippen MR) is 75.3 cm³/mol. The number of rotatable bonds is 6. The van der Waals surface area contributed by atoms with Crippen LogP contribution in [0.2, 0.25) is 4.34 Å². The van der Waals surface area contributed by atoms with E-state index >= 15 is 0 Å². The first-order valence-electron chi connectivity index (χ1n) is 5.96. The van der Waals surface area contributed by atoms with Crippen LogP contribution in [0.1, 0.15) is 43.8 Å². The number of hydrogen-bond donors (Lipinski definition) is 0. The zero-order valence-electron chi connectivity index (χ0n) is 10.9. The molecule has 1 rings (SSSR count). The van der Waals surface area contributed by atoms with Crippen LogP contribution in [-0.2, 0) is 0 Å². The molecule has 17 heavy (non-hydrogen) atoms. The second-order valence-corrected chi connectivity index (χ2v) is 6.42. The van der Waals surface area contributed by atoms with E-state index in [2.05, 4.69) is 32.6 Å². The van der Waals surface area contributed by atoms with Crippen LogP contribution < -0.4 is 0 Å². The summed E-state index contributed by atoms with van der Waals surface area (Å²) in [6, 6.07) is 4.52. The number of ketones is 1. The molecule has 0 amide bonds. The topological polar surface area (TPSA) is 20.3 Å². The molecular formula is C13H20ClNOS. The van der Waals surface area contributed by atoms with Crippen LogP contribution in [0.4, 0.5) is 0 Å². The van der Waals surface area contributed by atoms with E-state index in [0.717, 1.165) is 11.4 Å². The molecule has 2 nitrogen and oxygen atoms in total. The molecule has 0 N–H and O–H groups in total. The summed E-state index contributed by atoms with van der Waals surface area (Å²) >= 11 is 7.19. The van der Waals surface area contributed by atoms with Gasteiger partial charge in [-0.25, -0.2) is 0 Å². The van der Waals surface area contributed by atoms with Gasteiger partial charge in [0.25, 0.3) is 0 Å². The molecule has 0 spiro atoms. The van der Waals surface area contributed by atoms with Crippen LogP contribution in [0, 0.1) is 0 Å². The van der Waals surface area contributed by atoms with Gasteiger partial charge in [0.05, 0.1) is 9.21 Å². The fraction of sp³-hybridized carbons (Fsp3) is 0.615. The molecule has 0 radical (unpaired) electrons. The van der Waals surface area contributed by atoms with Gasteiger partial charge in [0.1, 0.15) is 0 Å². The molecule has 0 saturated heterocycles. The van der Waals surface area contributed by atoms with E-state index in [-0.39, 0.29) is 5.78 Å². The summed E-state index contributed by atoms with van der Waals surface area (Å²) in [5, 5.41) is 0. The summed E-state index contributed by atoms with van der Waals surface area (Å²) in [5.41, 5.74) is 0. The lowest BCUT2D eigenvalue weighted by molar-refractivity contribution is 0.0944. The second-order valence-electron chi connectivity index (χ2n) is 4.70. The molecule has 96 valence electrons. The smallest absolute Gasteiger partial charge is 0.174 e. The van der Waals surface area contributed by atoms with E-state index in [9.17, 15) is 4.79 Å². The third kappa shape index (κ3) is 4.41. The number of Topliss-reactive ketones (excluding diaryl/α,β-unsaturated/α-hetero) is 1. The van der Waals surface area contributed by atoms with Crippen molar-refractivity contribution in [3.8, 4) is 0 Å². The third-order valence-electron chi connectivity index (χ3n) is 2.77. The van der Waals surface area contributed by atoms with Crippen molar-refractivity contribution in [2.24, 2.45) is 0 Å². The number of hydrogen-bond acceptors (Lipinski definition) is 3. The summed E-state index contributed by atoms with van der Waals surface area (Å²) in [6.07, 6.45) is 0.563. The molecule has 0 fully saturated rings. The zero-order valence-corrected chi connectivity index (χ0v) is 12.4. The van der Waals surface area contributed by atoms with Crippen molar-refractivity contribution in [3.05, 3.63) is 21.3 Å². The largest absolute Gasteiger partial charge is 0.298 e. The Morgan fingerprint density at radius 1 is 1.29 bits per heavy atom. The quantitative estimate of drug-likeness (QED) is 0.728. The van der Waals surface area contributed by atoms with Crippen LogP contribution in [0.15, 0.2) is 12.1 Å². The number of carbonyl (C=O) groups excluding carboxylic acids is 1. The SMILES string of the molecule is CC(C)N(CCC(=O)c1ccc(Cl)s1)C(C)C. The minimum Gasteiger partial charge on any atom is -0.298 e. The Morgan fingerprint density at radius 3 is 2.29 bits per heavy atom. The first kappa shape index (κ1) is 14.7. The highest BCUT2D eigenvalue weighted by atomic mass is 35.5. The van der Waals surface area contributed by atoms with Gasteiger partial charge in [0, 0.05) is 25.0 Å². The molecule has 1 aromatic heterocycles. The van der Waals surface area contributed by atoms with E-state index in [4.69, 9.17) is 11.6 Å². The molecule has 1 heterocycles. The average molecular weight is 274 g/mol. The van der Waals surface area contributed by atoms with Gasteiger partial charge in [-0.3, -0.25) is 9.69 Å². The number of carbonyl (C=O) groups is 1. The lowest BCUT2D eigenvalue weighted by Gasteiger charge is -2.30. The Balaban J connectivity index is 2.52. The first-order valence-corrected chi connectivity index (χ1v) is 7.15. The van der Waals surface area contributed by atoms with Gasteiger partial charge in [0.15, 0.2) is 5.78 Å². The van der Waals surface area contributed by atoms with Gasteiger partial charge in [-0.1, -0.05) is 11.6 Å². The molecule has 0 aliphatic carbocycles. The summed E-state index contributed by atoms with van der Waals surface area (Å²) in [5.74, 6) is 0.188. The number of nitrogens with zero attached hydrogens (tertiary/aromatic N) is 1. The normalized spacial score (nSPS) is 11.8. The zero-order chi connectivity index (χ0) is 13.0. The predicted octanol–water partition coefficient (Wildman–Crippen LogP) is 4.09. The first-order chi connectivity index (χ1) is 7.91. The Kier molecular flexibility index (Phi) is 5.63. The Bertz CT molecular complexity index is 365. The van der Waals surface area contributed by atoms with E-state index < -0.39 is 0 Å². The van der Waals surface area contributed by atoms with Crippen LogP contribution in [0.5, 0.6) is 0 Å². The Morgan fingerprint density at radius 2 is 1.88 bits per heavy atom. The van der Waals surface area contributed by atoms with Crippen LogP contribution in [-0.4, -0.2) is 29.3 Å². The summed E-state index contributed by atoms with van der Waals surface area (Å²) in [6.45, 7) is 9.45. The van der Waals surface area contributed by atoms with Crippen molar-refractivity contribution in [1.82, 2.24) is 4.90 Å². The lowest BCUT2D eigenvalue weighted by Crippen LogP contribution is -2.38. The van der Waals surface area contributed by atoms with Crippen molar-refractivity contribution in [2.45, 2.75) is 46.2 Å². The fourth-order valence-electron chi connectivity index (χ4n) is 1.93. The van der Waals surface area contributed by atoms with Crippen LogP contribution in [0.3, 0.4) is 0 Å². The minimum absolute atomic E-state index is 0.188. The van der Waals surface area contributed by atoms with Crippen molar-refractivity contribution in [3.63, 3.8) is 0 Å². The van der Waals surface area contributed by atoms with Gasteiger partial charge in [-0.05, 0) is 39.8 Å². The number of halogens is 1. The monoisotopic (exact) mass is 273 g/mol. The standard InChI is InChI=1S/C13H20ClNOS/c1-9(2)15(10(3)4)8-7-11(16)12-5-6-13(14)17-12/h5-6,9-10H,7-8H2,1-4H3. The van der Waals surface area contributed by atoms with E-state index in [1.807, 2.05) is 6.07 Å². The van der Waals surface area contributed by atoms with E-state index in [1.165, 1.54) is 11.3 Å². The van der Waals surface area contributed by atoms with Crippen LogP contribution in [0.25, 0.3) is 0 Å². The van der Waals surface area contributed by atoms with Gasteiger partial charge >= 0.3 is 0 Å². The molecule has 0 saturated carbocycles. The lowest BCUT2D eigenvalue weighted by atomic mass is 10.2. The summed E-state index contributed by atoms with van der Waals surface area (Å²) in [7, 11) is 0. The van der Waals surface area contributed by atoms with Gasteiger partial charge in [-0.15, -0.1) is 11.3 Å². The molecule has 0 aromatic carbocycles. The molecule has 0 unspecified atom stereocenters. The van der Waals surface area contributed by atoms with Gasteiger partial charge in [-0.2, -0.15) is 0 Å². The van der Waals surface area contributed by atoms with Gasteiger partial charge in [0.2, 0.25) is 0 Å². The van der Waals surface area contributed by atoms with Crippen molar-refractivity contribution in [2.75, 3.05) is 6.54 Å². The highest BCUT2D eigenvalue weighted by molar-refractivity contribution is 7.18. The number of thiophene rings is 1. The average Bonchev–Trinajstić information content (AvgIpc) is 2.63. The van der Waals surface area contributed by atoms with Crippen molar-refractivity contribution in [1.29, 1.82) is 0 Å². The molecule has 4 heteroatoms. The van der Waals surface area contributed by atoms with E-state index in [1.54, 1.807) is 6.07 Å². The van der Waals surface area contributed by atoms with E-state index in [0.29, 0.717) is 22.8 Å². The maximum absolute atomic E-state index is 11.9.